The second kappa shape index (κ2) is 3.88. The minimum absolute atomic E-state index is 0.200. The fourth-order valence-electron chi connectivity index (χ4n) is 2.18. The average Bonchev–Trinajstić information content (AvgIpc) is 2.62. The van der Waals surface area contributed by atoms with Crippen molar-refractivity contribution in [2.45, 2.75) is 25.7 Å². The van der Waals surface area contributed by atoms with Gasteiger partial charge in [-0.3, -0.25) is 10.1 Å². The van der Waals surface area contributed by atoms with Gasteiger partial charge in [0.1, 0.15) is 5.69 Å². The van der Waals surface area contributed by atoms with Crippen molar-refractivity contribution in [3.05, 3.63) is 33.9 Å². The fourth-order valence-corrected chi connectivity index (χ4v) is 2.18. The highest BCUT2D eigenvalue weighted by Gasteiger charge is 2.27. The molecule has 0 aromatic heterocycles. The highest BCUT2D eigenvalue weighted by molar-refractivity contribution is 5.70. The van der Waals surface area contributed by atoms with Gasteiger partial charge in [0.25, 0.3) is 5.69 Å². The molecule has 1 aliphatic rings. The van der Waals surface area contributed by atoms with Crippen molar-refractivity contribution in [1.82, 2.24) is 0 Å². The van der Waals surface area contributed by atoms with E-state index < -0.39 is 0 Å². The van der Waals surface area contributed by atoms with E-state index in [1.165, 1.54) is 0 Å². The number of benzene rings is 1. The van der Waals surface area contributed by atoms with Gasteiger partial charge in [0.05, 0.1) is 4.92 Å². The number of fused-ring (bicyclic) bond motifs is 1. The van der Waals surface area contributed by atoms with E-state index in [9.17, 15) is 10.1 Å². The first kappa shape index (κ1) is 9.96. The molecule has 0 spiro atoms. The Labute approximate surface area is 88.5 Å². The number of anilines is 1. The summed E-state index contributed by atoms with van der Waals surface area (Å²) in [6, 6.07) is 5.31. The zero-order valence-corrected chi connectivity index (χ0v) is 8.69. The molecule has 0 radical (unpaired) electrons. The van der Waals surface area contributed by atoms with Gasteiger partial charge in [-0.1, -0.05) is 25.5 Å². The lowest BCUT2D eigenvalue weighted by molar-refractivity contribution is -0.383. The molecule has 15 heavy (non-hydrogen) atoms. The van der Waals surface area contributed by atoms with Crippen LogP contribution < -0.4 is 5.32 Å². The van der Waals surface area contributed by atoms with Crippen molar-refractivity contribution in [3.63, 3.8) is 0 Å². The first-order valence-corrected chi connectivity index (χ1v) is 5.25. The Hall–Kier alpha value is -1.58. The maximum absolute atomic E-state index is 10.8. The van der Waals surface area contributed by atoms with Crippen LogP contribution in [0.4, 0.5) is 11.4 Å². The third-order valence-electron chi connectivity index (χ3n) is 2.87. The number of para-hydroxylation sites is 1. The van der Waals surface area contributed by atoms with Gasteiger partial charge in [0.2, 0.25) is 0 Å². The minimum atomic E-state index is -0.319. The predicted octanol–water partition coefficient (Wildman–Crippen LogP) is 2.90. The number of rotatable bonds is 3. The molecule has 0 aliphatic carbocycles. The van der Waals surface area contributed by atoms with Crippen LogP contribution in [0, 0.1) is 10.1 Å². The normalized spacial score (nSPS) is 18.3. The third kappa shape index (κ3) is 1.67. The maximum atomic E-state index is 10.8. The second-order valence-corrected chi connectivity index (χ2v) is 3.86. The van der Waals surface area contributed by atoms with E-state index in [0.29, 0.717) is 5.92 Å². The Morgan fingerprint density at radius 3 is 3.07 bits per heavy atom. The smallest absolute Gasteiger partial charge is 0.292 e. The van der Waals surface area contributed by atoms with Crippen molar-refractivity contribution in [2.24, 2.45) is 0 Å². The zero-order chi connectivity index (χ0) is 10.8. The molecule has 0 saturated heterocycles. The fraction of sp³-hybridized carbons (Fsp3) is 0.455. The van der Waals surface area contributed by atoms with E-state index in [4.69, 9.17) is 0 Å². The predicted molar refractivity (Wildman–Crippen MR) is 59.2 cm³/mol. The topological polar surface area (TPSA) is 55.2 Å². The van der Waals surface area contributed by atoms with E-state index in [-0.39, 0.29) is 10.6 Å². The molecule has 1 N–H and O–H groups in total. The van der Waals surface area contributed by atoms with E-state index >= 15 is 0 Å². The molecule has 0 amide bonds. The Balaban J connectivity index is 2.39. The Morgan fingerprint density at radius 2 is 2.40 bits per heavy atom. The van der Waals surface area contributed by atoms with Crippen molar-refractivity contribution in [2.75, 3.05) is 11.9 Å². The van der Waals surface area contributed by atoms with Crippen LogP contribution in [-0.4, -0.2) is 11.5 Å². The number of nitrogens with zero attached hydrogens (tertiary/aromatic N) is 1. The van der Waals surface area contributed by atoms with Gasteiger partial charge in [0, 0.05) is 18.5 Å². The molecular weight excluding hydrogens is 192 g/mol. The standard InChI is InChI=1S/C11H14N2O2/c1-2-4-8-7-12-11-9(8)5-3-6-10(11)13(14)15/h3,5-6,8,12H,2,4,7H2,1H3/t8-/m1/s1. The Kier molecular flexibility index (Phi) is 2.58. The number of nitrogens with one attached hydrogen (secondary N) is 1. The molecular formula is C11H14N2O2. The number of hydrogen-bond acceptors (Lipinski definition) is 3. The minimum Gasteiger partial charge on any atom is -0.379 e. The van der Waals surface area contributed by atoms with Crippen LogP contribution in [0.3, 0.4) is 0 Å². The molecule has 4 nitrogen and oxygen atoms in total. The van der Waals surface area contributed by atoms with Gasteiger partial charge >= 0.3 is 0 Å². The summed E-state index contributed by atoms with van der Waals surface area (Å²) in [5.41, 5.74) is 2.03. The summed E-state index contributed by atoms with van der Waals surface area (Å²) < 4.78 is 0. The molecule has 2 rings (SSSR count). The summed E-state index contributed by atoms with van der Waals surface area (Å²) in [7, 11) is 0. The van der Waals surface area contributed by atoms with Crippen LogP contribution >= 0.6 is 0 Å². The Bertz CT molecular complexity index is 390. The van der Waals surface area contributed by atoms with Gasteiger partial charge in [-0.2, -0.15) is 0 Å². The molecule has 1 aromatic rings. The molecule has 80 valence electrons. The SMILES string of the molecule is CCC[C@@H]1CNc2c1cccc2[N+](=O)[O-]. The summed E-state index contributed by atoms with van der Waals surface area (Å²) in [5, 5.41) is 13.9. The number of nitro benzene ring substituents is 1. The second-order valence-electron chi connectivity index (χ2n) is 3.86. The molecule has 0 fully saturated rings. The van der Waals surface area contributed by atoms with Gasteiger partial charge in [-0.25, -0.2) is 0 Å². The molecule has 1 heterocycles. The molecule has 1 atom stereocenters. The largest absolute Gasteiger partial charge is 0.379 e. The summed E-state index contributed by atoms with van der Waals surface area (Å²) >= 11 is 0. The molecule has 0 saturated carbocycles. The monoisotopic (exact) mass is 206 g/mol. The molecule has 0 bridgehead atoms. The van der Waals surface area contributed by atoms with Gasteiger partial charge in [0.15, 0.2) is 0 Å². The number of nitro groups is 1. The zero-order valence-electron chi connectivity index (χ0n) is 8.69. The van der Waals surface area contributed by atoms with Gasteiger partial charge in [-0.05, 0) is 12.0 Å². The van der Waals surface area contributed by atoms with E-state index in [2.05, 4.69) is 12.2 Å². The lowest BCUT2D eigenvalue weighted by Crippen LogP contribution is -2.01. The van der Waals surface area contributed by atoms with E-state index in [1.54, 1.807) is 12.1 Å². The highest BCUT2D eigenvalue weighted by atomic mass is 16.6. The van der Waals surface area contributed by atoms with Crippen LogP contribution in [-0.2, 0) is 0 Å². The van der Waals surface area contributed by atoms with E-state index in [1.807, 2.05) is 6.07 Å². The van der Waals surface area contributed by atoms with Crippen molar-refractivity contribution in [3.8, 4) is 0 Å². The molecule has 1 aliphatic heterocycles. The third-order valence-corrected chi connectivity index (χ3v) is 2.87. The van der Waals surface area contributed by atoms with Gasteiger partial charge < -0.3 is 5.32 Å². The van der Waals surface area contributed by atoms with Crippen LogP contribution in [0.25, 0.3) is 0 Å². The summed E-state index contributed by atoms with van der Waals surface area (Å²) in [6.45, 7) is 2.96. The average molecular weight is 206 g/mol. The van der Waals surface area contributed by atoms with Crippen molar-refractivity contribution < 1.29 is 4.92 Å². The van der Waals surface area contributed by atoms with Crippen molar-refractivity contribution >= 4 is 11.4 Å². The quantitative estimate of drug-likeness (QED) is 0.611. The maximum Gasteiger partial charge on any atom is 0.292 e. The number of hydrogen-bond donors (Lipinski definition) is 1. The summed E-state index contributed by atoms with van der Waals surface area (Å²) in [5.74, 6) is 0.435. The summed E-state index contributed by atoms with van der Waals surface area (Å²) in [6.07, 6.45) is 2.19. The Morgan fingerprint density at radius 1 is 1.60 bits per heavy atom. The first-order valence-electron chi connectivity index (χ1n) is 5.25. The molecule has 0 unspecified atom stereocenters. The van der Waals surface area contributed by atoms with Crippen molar-refractivity contribution in [1.29, 1.82) is 0 Å². The summed E-state index contributed by atoms with van der Waals surface area (Å²) in [4.78, 5) is 10.5. The first-order chi connectivity index (χ1) is 7.24. The van der Waals surface area contributed by atoms with Gasteiger partial charge in [-0.15, -0.1) is 0 Å². The highest BCUT2D eigenvalue weighted by Crippen LogP contribution is 2.39. The molecule has 1 aromatic carbocycles. The van der Waals surface area contributed by atoms with Crippen LogP contribution in [0.5, 0.6) is 0 Å². The lowest BCUT2D eigenvalue weighted by atomic mass is 9.96. The van der Waals surface area contributed by atoms with E-state index in [0.717, 1.165) is 30.6 Å². The van der Waals surface area contributed by atoms with Crippen LogP contribution in [0.1, 0.15) is 31.2 Å². The lowest BCUT2D eigenvalue weighted by Gasteiger charge is -2.07. The molecule has 4 heteroatoms. The van der Waals surface area contributed by atoms with Crippen LogP contribution in [0.2, 0.25) is 0 Å². The van der Waals surface area contributed by atoms with Crippen LogP contribution in [0.15, 0.2) is 18.2 Å².